The van der Waals surface area contributed by atoms with E-state index in [0.717, 1.165) is 22.0 Å². The van der Waals surface area contributed by atoms with Gasteiger partial charge >= 0.3 is 0 Å². The molecule has 1 aromatic carbocycles. The van der Waals surface area contributed by atoms with Crippen molar-refractivity contribution in [2.45, 2.75) is 33.9 Å². The minimum atomic E-state index is -0.202. The highest BCUT2D eigenvalue weighted by Gasteiger charge is 2.17. The van der Waals surface area contributed by atoms with Crippen LogP contribution in [0.4, 0.5) is 0 Å². The van der Waals surface area contributed by atoms with Crippen LogP contribution in [0, 0.1) is 20.8 Å². The van der Waals surface area contributed by atoms with Gasteiger partial charge in [-0.15, -0.1) is 0 Å². The van der Waals surface area contributed by atoms with E-state index in [4.69, 9.17) is 9.26 Å². The van der Waals surface area contributed by atoms with E-state index < -0.39 is 0 Å². The van der Waals surface area contributed by atoms with Crippen LogP contribution in [0.2, 0.25) is 0 Å². The molecule has 0 saturated carbocycles. The first-order valence-corrected chi connectivity index (χ1v) is 7.67. The predicted octanol–water partition coefficient (Wildman–Crippen LogP) is 2.55. The molecule has 2 aromatic heterocycles. The summed E-state index contributed by atoms with van der Waals surface area (Å²) in [5, 5.41) is 7.63. The van der Waals surface area contributed by atoms with Gasteiger partial charge in [0, 0.05) is 18.0 Å². The van der Waals surface area contributed by atoms with Crippen molar-refractivity contribution in [3.05, 3.63) is 46.2 Å². The minimum absolute atomic E-state index is 0.169. The second-order valence-corrected chi connectivity index (χ2v) is 5.85. The molecule has 0 saturated heterocycles. The van der Waals surface area contributed by atoms with Crippen molar-refractivity contribution >= 4 is 16.8 Å². The first-order chi connectivity index (χ1) is 11.5. The summed E-state index contributed by atoms with van der Waals surface area (Å²) in [5.41, 5.74) is 4.76. The monoisotopic (exact) mass is 328 g/mol. The van der Waals surface area contributed by atoms with Gasteiger partial charge < -0.3 is 19.6 Å². The van der Waals surface area contributed by atoms with Gasteiger partial charge in [0.25, 0.3) is 5.91 Å². The number of carbonyl (C=O) groups is 1. The fraction of sp³-hybridized carbons (Fsp3) is 0.353. The zero-order valence-corrected chi connectivity index (χ0v) is 14.2. The number of nitrogens with zero attached hydrogens (tertiary/aromatic N) is 2. The lowest BCUT2D eigenvalue weighted by molar-refractivity contribution is 0.0941. The standard InChI is InChI=1S/C17H20N4O3/c1-9-5-10(2)15-12(6-9)11(3)16(20-15)17(22)18-7-14-19-13(8-23-4)21-24-14/h5-6,20H,7-8H2,1-4H3,(H,18,22). The molecule has 0 atom stereocenters. The molecule has 0 unspecified atom stereocenters. The van der Waals surface area contributed by atoms with E-state index in [2.05, 4.69) is 32.6 Å². The highest BCUT2D eigenvalue weighted by molar-refractivity contribution is 6.01. The van der Waals surface area contributed by atoms with Gasteiger partial charge in [-0.05, 0) is 38.0 Å². The molecule has 3 aromatic rings. The molecule has 24 heavy (non-hydrogen) atoms. The van der Waals surface area contributed by atoms with E-state index in [1.807, 2.05) is 20.8 Å². The van der Waals surface area contributed by atoms with Crippen LogP contribution in [0.1, 0.15) is 38.9 Å². The smallest absolute Gasteiger partial charge is 0.268 e. The Labute approximate surface area is 139 Å². The maximum Gasteiger partial charge on any atom is 0.268 e. The molecular formula is C17H20N4O3. The molecule has 3 rings (SSSR count). The third-order valence-electron chi connectivity index (χ3n) is 3.92. The van der Waals surface area contributed by atoms with Gasteiger partial charge in [-0.3, -0.25) is 4.79 Å². The molecule has 7 heteroatoms. The van der Waals surface area contributed by atoms with E-state index in [-0.39, 0.29) is 19.1 Å². The Morgan fingerprint density at radius 1 is 1.33 bits per heavy atom. The molecule has 2 N–H and O–H groups in total. The maximum absolute atomic E-state index is 12.5. The Kier molecular flexibility index (Phi) is 4.35. The first-order valence-electron chi connectivity index (χ1n) is 7.67. The van der Waals surface area contributed by atoms with E-state index in [1.165, 1.54) is 5.56 Å². The fourth-order valence-electron chi connectivity index (χ4n) is 2.80. The second kappa shape index (κ2) is 6.45. The number of benzene rings is 1. The third-order valence-corrected chi connectivity index (χ3v) is 3.92. The summed E-state index contributed by atoms with van der Waals surface area (Å²) in [6.45, 7) is 6.46. The number of nitrogens with one attached hydrogen (secondary N) is 2. The first kappa shape index (κ1) is 16.2. The average Bonchev–Trinajstić information content (AvgIpc) is 3.11. The minimum Gasteiger partial charge on any atom is -0.377 e. The number of aromatic amines is 1. The van der Waals surface area contributed by atoms with Crippen LogP contribution in [0.25, 0.3) is 10.9 Å². The molecule has 7 nitrogen and oxygen atoms in total. The van der Waals surface area contributed by atoms with Gasteiger partial charge in [0.1, 0.15) is 12.3 Å². The van der Waals surface area contributed by atoms with Crippen LogP contribution in [-0.2, 0) is 17.9 Å². The van der Waals surface area contributed by atoms with Crippen molar-refractivity contribution in [2.24, 2.45) is 0 Å². The Balaban J connectivity index is 1.78. The van der Waals surface area contributed by atoms with Crippen LogP contribution in [-0.4, -0.2) is 28.1 Å². The Morgan fingerprint density at radius 3 is 2.88 bits per heavy atom. The molecule has 0 radical (unpaired) electrons. The molecular weight excluding hydrogens is 308 g/mol. The summed E-state index contributed by atoms with van der Waals surface area (Å²) in [6.07, 6.45) is 0. The van der Waals surface area contributed by atoms with Gasteiger partial charge in [0.05, 0.1) is 6.54 Å². The maximum atomic E-state index is 12.5. The van der Waals surface area contributed by atoms with Crippen LogP contribution >= 0.6 is 0 Å². The summed E-state index contributed by atoms with van der Waals surface area (Å²) < 4.78 is 9.99. The van der Waals surface area contributed by atoms with E-state index in [9.17, 15) is 4.79 Å². The molecule has 126 valence electrons. The SMILES string of the molecule is COCc1noc(CNC(=O)c2[nH]c3c(C)cc(C)cc3c2C)n1. The van der Waals surface area contributed by atoms with Crippen LogP contribution in [0.3, 0.4) is 0 Å². The molecule has 0 aliphatic carbocycles. The Hall–Kier alpha value is -2.67. The topological polar surface area (TPSA) is 93.0 Å². The number of amides is 1. The van der Waals surface area contributed by atoms with Gasteiger partial charge in [-0.25, -0.2) is 0 Å². The number of H-pyrrole nitrogens is 1. The zero-order chi connectivity index (χ0) is 17.3. The number of hydrogen-bond acceptors (Lipinski definition) is 5. The lowest BCUT2D eigenvalue weighted by Gasteiger charge is -2.01. The van der Waals surface area contributed by atoms with Crippen molar-refractivity contribution in [1.82, 2.24) is 20.4 Å². The number of rotatable bonds is 5. The average molecular weight is 328 g/mol. The molecule has 0 spiro atoms. The lowest BCUT2D eigenvalue weighted by Crippen LogP contribution is -2.24. The summed E-state index contributed by atoms with van der Waals surface area (Å²) in [4.78, 5) is 19.8. The normalized spacial score (nSPS) is 11.2. The highest BCUT2D eigenvalue weighted by Crippen LogP contribution is 2.25. The number of fused-ring (bicyclic) bond motifs is 1. The lowest BCUT2D eigenvalue weighted by atomic mass is 10.1. The summed E-state index contributed by atoms with van der Waals surface area (Å²) >= 11 is 0. The zero-order valence-electron chi connectivity index (χ0n) is 14.2. The van der Waals surface area contributed by atoms with Crippen molar-refractivity contribution < 1.29 is 14.1 Å². The van der Waals surface area contributed by atoms with Crippen molar-refractivity contribution in [1.29, 1.82) is 0 Å². The summed E-state index contributed by atoms with van der Waals surface area (Å²) in [6, 6.07) is 4.18. The molecule has 2 heterocycles. The largest absolute Gasteiger partial charge is 0.377 e. The van der Waals surface area contributed by atoms with Crippen molar-refractivity contribution in [3.8, 4) is 0 Å². The van der Waals surface area contributed by atoms with Gasteiger partial charge in [-0.2, -0.15) is 4.98 Å². The molecule has 0 bridgehead atoms. The third kappa shape index (κ3) is 3.03. The molecule has 0 aliphatic heterocycles. The Bertz CT molecular complexity index is 895. The quantitative estimate of drug-likeness (QED) is 0.751. The van der Waals surface area contributed by atoms with Crippen LogP contribution < -0.4 is 5.32 Å². The number of carbonyl (C=O) groups excluding carboxylic acids is 1. The summed E-state index contributed by atoms with van der Waals surface area (Å²) in [7, 11) is 1.56. The predicted molar refractivity (Wildman–Crippen MR) is 88.7 cm³/mol. The Morgan fingerprint density at radius 2 is 2.12 bits per heavy atom. The van der Waals surface area contributed by atoms with Gasteiger partial charge in [-0.1, -0.05) is 16.8 Å². The van der Waals surface area contributed by atoms with Crippen molar-refractivity contribution in [2.75, 3.05) is 7.11 Å². The van der Waals surface area contributed by atoms with Crippen LogP contribution in [0.15, 0.2) is 16.7 Å². The number of methoxy groups -OCH3 is 1. The van der Waals surface area contributed by atoms with E-state index in [0.29, 0.717) is 17.4 Å². The van der Waals surface area contributed by atoms with Crippen molar-refractivity contribution in [3.63, 3.8) is 0 Å². The number of ether oxygens (including phenoxy) is 1. The fourth-order valence-corrected chi connectivity index (χ4v) is 2.80. The summed E-state index contributed by atoms with van der Waals surface area (Å²) in [5.74, 6) is 0.595. The number of aryl methyl sites for hydroxylation is 3. The molecule has 0 fully saturated rings. The van der Waals surface area contributed by atoms with Gasteiger partial charge in [0.2, 0.25) is 5.89 Å². The van der Waals surface area contributed by atoms with E-state index >= 15 is 0 Å². The number of hydrogen-bond donors (Lipinski definition) is 2. The van der Waals surface area contributed by atoms with E-state index in [1.54, 1.807) is 7.11 Å². The number of aromatic nitrogens is 3. The molecule has 0 aliphatic rings. The van der Waals surface area contributed by atoms with Gasteiger partial charge in [0.15, 0.2) is 5.82 Å². The second-order valence-electron chi connectivity index (χ2n) is 5.85. The highest BCUT2D eigenvalue weighted by atomic mass is 16.5. The molecule has 1 amide bonds. The van der Waals surface area contributed by atoms with Crippen LogP contribution in [0.5, 0.6) is 0 Å².